The molecule has 1 aromatic heterocycles. The number of aromatic hydroxyl groups is 1. The number of carbonyl (C=O) groups is 1. The van der Waals surface area contributed by atoms with Crippen LogP contribution in [0, 0.1) is 0 Å². The molecule has 7 nitrogen and oxygen atoms in total. The molecule has 0 spiro atoms. The summed E-state index contributed by atoms with van der Waals surface area (Å²) in [5.41, 5.74) is 4.94. The van der Waals surface area contributed by atoms with Crippen molar-refractivity contribution >= 4 is 28.3 Å². The van der Waals surface area contributed by atoms with Gasteiger partial charge in [0.1, 0.15) is 5.84 Å². The molecule has 1 aliphatic heterocycles. The van der Waals surface area contributed by atoms with E-state index < -0.39 is 0 Å². The van der Waals surface area contributed by atoms with Gasteiger partial charge in [-0.15, -0.1) is 0 Å². The van der Waals surface area contributed by atoms with Gasteiger partial charge in [-0.1, -0.05) is 54.6 Å². The van der Waals surface area contributed by atoms with Crippen LogP contribution in [0.25, 0.3) is 10.9 Å². The van der Waals surface area contributed by atoms with Crippen molar-refractivity contribution in [3.63, 3.8) is 0 Å². The van der Waals surface area contributed by atoms with Crippen LogP contribution in [0.4, 0.5) is 5.69 Å². The third-order valence-electron chi connectivity index (χ3n) is 5.60. The van der Waals surface area contributed by atoms with Crippen molar-refractivity contribution in [2.75, 3.05) is 18.5 Å². The number of para-hydroxylation sites is 1. The first-order valence-corrected chi connectivity index (χ1v) is 10.8. The van der Waals surface area contributed by atoms with Gasteiger partial charge in [-0.05, 0) is 29.3 Å². The summed E-state index contributed by atoms with van der Waals surface area (Å²) in [7, 11) is 0. The standard InChI is InChI=1S/C26H24N4O3/c31-25(27-12-13-33-16-17-6-2-1-3-7-17)18-10-11-20-22(14-18)30-26(32)23(20)24-28-15-19-8-4-5-9-21(19)29-24/h1-11,14,30,32H,12-13,15-16H2,(H,27,31)(H,28,29). The quantitative estimate of drug-likeness (QED) is 0.324. The molecule has 0 saturated heterocycles. The number of amidine groups is 1. The van der Waals surface area contributed by atoms with Gasteiger partial charge in [-0.25, -0.2) is 0 Å². The molecule has 33 heavy (non-hydrogen) atoms. The zero-order valence-corrected chi connectivity index (χ0v) is 18.0. The molecule has 0 saturated carbocycles. The van der Waals surface area contributed by atoms with Crippen molar-refractivity contribution in [2.24, 2.45) is 4.99 Å². The normalized spacial score (nSPS) is 12.7. The van der Waals surface area contributed by atoms with Crippen molar-refractivity contribution in [1.29, 1.82) is 0 Å². The molecule has 5 rings (SSSR count). The van der Waals surface area contributed by atoms with Crippen LogP contribution in [0.15, 0.2) is 77.8 Å². The lowest BCUT2D eigenvalue weighted by atomic mass is 10.1. The molecule has 166 valence electrons. The highest BCUT2D eigenvalue weighted by Gasteiger charge is 2.21. The number of aromatic nitrogens is 1. The molecule has 1 aliphatic rings. The lowest BCUT2D eigenvalue weighted by Crippen LogP contribution is -2.27. The fraction of sp³-hybridized carbons (Fsp3) is 0.154. The average molecular weight is 441 g/mol. The average Bonchev–Trinajstić information content (AvgIpc) is 3.19. The van der Waals surface area contributed by atoms with E-state index in [1.165, 1.54) is 0 Å². The number of ether oxygens (including phenoxy) is 1. The fourth-order valence-corrected chi connectivity index (χ4v) is 3.92. The maximum atomic E-state index is 12.6. The van der Waals surface area contributed by atoms with Crippen LogP contribution in [-0.4, -0.2) is 35.0 Å². The van der Waals surface area contributed by atoms with Gasteiger partial charge >= 0.3 is 0 Å². The van der Waals surface area contributed by atoms with Gasteiger partial charge < -0.3 is 25.5 Å². The molecule has 0 radical (unpaired) electrons. The van der Waals surface area contributed by atoms with E-state index in [0.29, 0.717) is 48.8 Å². The summed E-state index contributed by atoms with van der Waals surface area (Å²) in [4.78, 5) is 20.1. The molecule has 0 atom stereocenters. The first-order chi connectivity index (χ1) is 16.2. The van der Waals surface area contributed by atoms with Gasteiger partial charge in [-0.3, -0.25) is 9.79 Å². The molecule has 4 N–H and O–H groups in total. The van der Waals surface area contributed by atoms with Gasteiger partial charge in [0, 0.05) is 28.7 Å². The second kappa shape index (κ2) is 9.18. The fourth-order valence-electron chi connectivity index (χ4n) is 3.92. The summed E-state index contributed by atoms with van der Waals surface area (Å²) in [6.07, 6.45) is 0. The first-order valence-electron chi connectivity index (χ1n) is 10.8. The van der Waals surface area contributed by atoms with E-state index in [0.717, 1.165) is 22.2 Å². The van der Waals surface area contributed by atoms with Crippen LogP contribution in [0.3, 0.4) is 0 Å². The number of carbonyl (C=O) groups excluding carboxylic acids is 1. The third-order valence-corrected chi connectivity index (χ3v) is 5.60. The maximum Gasteiger partial charge on any atom is 0.251 e. The molecule has 0 aliphatic carbocycles. The number of nitrogens with zero attached hydrogens (tertiary/aromatic N) is 1. The maximum absolute atomic E-state index is 12.6. The van der Waals surface area contributed by atoms with Gasteiger partial charge in [0.25, 0.3) is 5.91 Å². The minimum absolute atomic E-state index is 0.0162. The number of H-pyrrole nitrogens is 1. The van der Waals surface area contributed by atoms with Crippen LogP contribution in [0.1, 0.15) is 27.0 Å². The minimum Gasteiger partial charge on any atom is -0.494 e. The van der Waals surface area contributed by atoms with Crippen LogP contribution in [0.2, 0.25) is 0 Å². The van der Waals surface area contributed by atoms with Gasteiger partial charge in [0.15, 0.2) is 0 Å². The van der Waals surface area contributed by atoms with Crippen molar-refractivity contribution in [3.8, 4) is 5.88 Å². The minimum atomic E-state index is -0.196. The van der Waals surface area contributed by atoms with Gasteiger partial charge in [-0.2, -0.15) is 0 Å². The zero-order chi connectivity index (χ0) is 22.6. The molecule has 1 amide bonds. The van der Waals surface area contributed by atoms with E-state index in [1.54, 1.807) is 12.1 Å². The Kier molecular flexibility index (Phi) is 5.78. The molecule has 0 unspecified atom stereocenters. The van der Waals surface area contributed by atoms with E-state index in [-0.39, 0.29) is 11.8 Å². The van der Waals surface area contributed by atoms with Gasteiger partial charge in [0.05, 0.1) is 25.3 Å². The Morgan fingerprint density at radius 1 is 1.06 bits per heavy atom. The smallest absolute Gasteiger partial charge is 0.251 e. The number of fused-ring (bicyclic) bond motifs is 2. The van der Waals surface area contributed by atoms with Crippen molar-refractivity contribution in [2.45, 2.75) is 13.2 Å². The Balaban J connectivity index is 1.24. The largest absolute Gasteiger partial charge is 0.494 e. The Morgan fingerprint density at radius 2 is 1.88 bits per heavy atom. The SMILES string of the molecule is O=C(NCCOCc1ccccc1)c1ccc2c(C3=NCc4ccccc4N3)c(O)[nH]c2c1. The lowest BCUT2D eigenvalue weighted by molar-refractivity contribution is 0.0901. The predicted octanol–water partition coefficient (Wildman–Crippen LogP) is 4.19. The molecule has 7 heteroatoms. The topological polar surface area (TPSA) is 98.7 Å². The van der Waals surface area contributed by atoms with Crippen LogP contribution < -0.4 is 10.6 Å². The van der Waals surface area contributed by atoms with Gasteiger partial charge in [0.2, 0.25) is 5.88 Å². The number of hydrogen-bond acceptors (Lipinski definition) is 5. The summed E-state index contributed by atoms with van der Waals surface area (Å²) in [6.45, 7) is 1.88. The molecule has 3 aromatic carbocycles. The van der Waals surface area contributed by atoms with Crippen molar-refractivity contribution < 1.29 is 14.6 Å². The third kappa shape index (κ3) is 4.44. The monoisotopic (exact) mass is 440 g/mol. The molecular formula is C26H24N4O3. The van der Waals surface area contributed by atoms with E-state index >= 15 is 0 Å². The highest BCUT2D eigenvalue weighted by molar-refractivity contribution is 6.18. The molecule has 0 bridgehead atoms. The number of aromatic amines is 1. The molecule has 2 heterocycles. The van der Waals surface area contributed by atoms with E-state index in [2.05, 4.69) is 20.6 Å². The zero-order valence-electron chi connectivity index (χ0n) is 18.0. The Morgan fingerprint density at radius 3 is 2.76 bits per heavy atom. The van der Waals surface area contributed by atoms with Crippen LogP contribution in [0.5, 0.6) is 5.88 Å². The molecule has 4 aromatic rings. The predicted molar refractivity (Wildman–Crippen MR) is 129 cm³/mol. The molecular weight excluding hydrogens is 416 g/mol. The summed E-state index contributed by atoms with van der Waals surface area (Å²) >= 11 is 0. The van der Waals surface area contributed by atoms with E-state index in [9.17, 15) is 9.90 Å². The van der Waals surface area contributed by atoms with Crippen LogP contribution >= 0.6 is 0 Å². The number of rotatable bonds is 7. The second-order valence-electron chi connectivity index (χ2n) is 7.85. The summed E-state index contributed by atoms with van der Waals surface area (Å²) in [5.74, 6) is 0.422. The Labute approximate surface area is 191 Å². The number of aliphatic imine (C=N–C) groups is 1. The van der Waals surface area contributed by atoms with Crippen LogP contribution in [-0.2, 0) is 17.9 Å². The lowest BCUT2D eigenvalue weighted by Gasteiger charge is -2.18. The highest BCUT2D eigenvalue weighted by Crippen LogP contribution is 2.31. The van der Waals surface area contributed by atoms with Crippen molar-refractivity contribution in [3.05, 3.63) is 95.1 Å². The number of benzene rings is 3. The number of amides is 1. The summed E-state index contributed by atoms with van der Waals surface area (Å²) in [5, 5.41) is 17.5. The summed E-state index contributed by atoms with van der Waals surface area (Å²) in [6, 6.07) is 23.2. The second-order valence-corrected chi connectivity index (χ2v) is 7.85. The van der Waals surface area contributed by atoms with E-state index in [1.807, 2.05) is 60.7 Å². The Bertz CT molecular complexity index is 1330. The first kappa shape index (κ1) is 20.8. The number of anilines is 1. The Hall–Kier alpha value is -4.10. The molecule has 0 fully saturated rings. The number of nitrogens with one attached hydrogen (secondary N) is 3. The highest BCUT2D eigenvalue weighted by atomic mass is 16.5. The van der Waals surface area contributed by atoms with Crippen molar-refractivity contribution in [1.82, 2.24) is 10.3 Å². The van der Waals surface area contributed by atoms with E-state index in [4.69, 9.17) is 4.74 Å². The summed E-state index contributed by atoms with van der Waals surface area (Å²) < 4.78 is 5.61. The number of hydrogen-bond donors (Lipinski definition) is 4.